The Hall–Kier alpha value is -3.74. The van der Waals surface area contributed by atoms with Gasteiger partial charge in [0.2, 0.25) is 11.9 Å². The Morgan fingerprint density at radius 3 is 2.66 bits per heavy atom. The van der Waals surface area contributed by atoms with Crippen molar-refractivity contribution in [3.05, 3.63) is 35.8 Å². The van der Waals surface area contributed by atoms with E-state index in [4.69, 9.17) is 5.26 Å². The van der Waals surface area contributed by atoms with Crippen molar-refractivity contribution in [1.29, 1.82) is 5.26 Å². The van der Waals surface area contributed by atoms with Crippen molar-refractivity contribution in [2.24, 2.45) is 0 Å². The first-order valence-corrected chi connectivity index (χ1v) is 10.7. The van der Waals surface area contributed by atoms with Gasteiger partial charge < -0.3 is 20.4 Å². The van der Waals surface area contributed by atoms with E-state index < -0.39 is 0 Å². The molecule has 2 amide bonds. The number of nitrogens with zero attached hydrogens (tertiary/aromatic N) is 6. The third-order valence-corrected chi connectivity index (χ3v) is 5.96. The van der Waals surface area contributed by atoms with Crippen LogP contribution in [0.2, 0.25) is 0 Å². The lowest BCUT2D eigenvalue weighted by atomic mass is 10.1. The summed E-state index contributed by atoms with van der Waals surface area (Å²) in [6, 6.07) is 6.06. The van der Waals surface area contributed by atoms with Crippen molar-refractivity contribution in [3.8, 4) is 6.07 Å². The number of nitriles is 1. The van der Waals surface area contributed by atoms with Crippen LogP contribution >= 0.6 is 0 Å². The molecule has 0 unspecified atom stereocenters. The first-order chi connectivity index (χ1) is 15.5. The highest BCUT2D eigenvalue weighted by Gasteiger charge is 2.42. The number of pyridine rings is 1. The van der Waals surface area contributed by atoms with Crippen LogP contribution in [-0.2, 0) is 4.79 Å². The number of carbonyl (C=O) groups is 2. The van der Waals surface area contributed by atoms with Gasteiger partial charge in [0.1, 0.15) is 11.5 Å². The van der Waals surface area contributed by atoms with Gasteiger partial charge in [-0.15, -0.1) is 0 Å². The normalized spacial score (nSPS) is 19.4. The quantitative estimate of drug-likeness (QED) is 0.704. The van der Waals surface area contributed by atoms with Gasteiger partial charge in [0.25, 0.3) is 5.91 Å². The number of carbonyl (C=O) groups excluding carboxylic acids is 2. The zero-order chi connectivity index (χ0) is 22.7. The molecular formula is C22H26N8O2. The molecule has 2 aliphatic rings. The van der Waals surface area contributed by atoms with Gasteiger partial charge in [-0.3, -0.25) is 9.59 Å². The Labute approximate surface area is 186 Å². The Morgan fingerprint density at radius 1 is 1.25 bits per heavy atom. The number of amides is 2. The van der Waals surface area contributed by atoms with E-state index in [2.05, 4.69) is 36.6 Å². The Balaban J connectivity index is 1.45. The lowest BCUT2D eigenvalue weighted by Crippen LogP contribution is -2.56. The molecule has 2 fully saturated rings. The molecule has 2 saturated heterocycles. The molecule has 0 radical (unpaired) electrons. The van der Waals surface area contributed by atoms with Gasteiger partial charge in [-0.1, -0.05) is 0 Å². The van der Waals surface area contributed by atoms with E-state index in [9.17, 15) is 9.59 Å². The fourth-order valence-corrected chi connectivity index (χ4v) is 4.50. The van der Waals surface area contributed by atoms with E-state index in [1.807, 2.05) is 24.0 Å². The summed E-state index contributed by atoms with van der Waals surface area (Å²) in [7, 11) is 1.57. The molecule has 166 valence electrons. The van der Waals surface area contributed by atoms with E-state index in [1.54, 1.807) is 19.4 Å². The van der Waals surface area contributed by atoms with E-state index >= 15 is 0 Å². The first-order valence-electron chi connectivity index (χ1n) is 10.7. The van der Waals surface area contributed by atoms with Gasteiger partial charge in [-0.05, 0) is 37.5 Å². The number of hydrogen-bond acceptors (Lipinski definition) is 8. The van der Waals surface area contributed by atoms with Crippen LogP contribution in [0.25, 0.3) is 0 Å². The van der Waals surface area contributed by atoms with Gasteiger partial charge in [0.05, 0.1) is 18.0 Å². The summed E-state index contributed by atoms with van der Waals surface area (Å²) in [5, 5.41) is 14.5. The summed E-state index contributed by atoms with van der Waals surface area (Å²) in [5.74, 6) is 1.09. The Kier molecular flexibility index (Phi) is 6.16. The number of nitrogens with one attached hydrogen (secondary N) is 2. The van der Waals surface area contributed by atoms with E-state index in [0.29, 0.717) is 30.4 Å². The highest BCUT2D eigenvalue weighted by Crippen LogP contribution is 2.33. The molecule has 0 spiro atoms. The van der Waals surface area contributed by atoms with Gasteiger partial charge in [0, 0.05) is 51.3 Å². The van der Waals surface area contributed by atoms with Crippen molar-refractivity contribution in [2.45, 2.75) is 44.7 Å². The minimum absolute atomic E-state index is 0.0758. The third-order valence-electron chi connectivity index (χ3n) is 5.96. The van der Waals surface area contributed by atoms with Gasteiger partial charge >= 0.3 is 0 Å². The fourth-order valence-electron chi connectivity index (χ4n) is 4.50. The molecular weight excluding hydrogens is 408 g/mol. The number of piperazine rings is 1. The van der Waals surface area contributed by atoms with Crippen molar-refractivity contribution >= 4 is 29.3 Å². The van der Waals surface area contributed by atoms with E-state index in [-0.39, 0.29) is 36.7 Å². The first kappa shape index (κ1) is 21.5. The maximum atomic E-state index is 12.5. The molecule has 32 heavy (non-hydrogen) atoms. The van der Waals surface area contributed by atoms with Crippen molar-refractivity contribution in [3.63, 3.8) is 0 Å². The maximum absolute atomic E-state index is 12.5. The van der Waals surface area contributed by atoms with E-state index in [1.165, 1.54) is 0 Å². The molecule has 4 rings (SSSR count). The van der Waals surface area contributed by atoms with Gasteiger partial charge in [0.15, 0.2) is 0 Å². The molecule has 4 heterocycles. The van der Waals surface area contributed by atoms with Crippen molar-refractivity contribution < 1.29 is 9.59 Å². The number of hydrogen-bond donors (Lipinski definition) is 2. The van der Waals surface area contributed by atoms with Crippen LogP contribution in [0, 0.1) is 18.3 Å². The van der Waals surface area contributed by atoms with E-state index in [0.717, 1.165) is 24.2 Å². The molecule has 0 aliphatic carbocycles. The second-order valence-corrected chi connectivity index (χ2v) is 8.08. The Bertz CT molecular complexity index is 1050. The number of anilines is 3. The predicted octanol–water partition coefficient (Wildman–Crippen LogP) is 1.77. The molecule has 2 bridgehead atoms. The van der Waals surface area contributed by atoms with Gasteiger partial charge in [-0.25, -0.2) is 9.97 Å². The second kappa shape index (κ2) is 9.18. The average molecular weight is 435 g/mol. The lowest BCUT2D eigenvalue weighted by Gasteiger charge is -2.41. The highest BCUT2D eigenvalue weighted by molar-refractivity contribution is 5.93. The van der Waals surface area contributed by atoms with Crippen LogP contribution in [0.5, 0.6) is 0 Å². The number of aryl methyl sites for hydroxylation is 1. The van der Waals surface area contributed by atoms with Crippen LogP contribution in [0.1, 0.15) is 41.7 Å². The average Bonchev–Trinajstić information content (AvgIpc) is 3.06. The molecule has 2 aromatic heterocycles. The Morgan fingerprint density at radius 2 is 2.00 bits per heavy atom. The fraction of sp³-hybridized carbons (Fsp3) is 0.455. The molecule has 2 N–H and O–H groups in total. The summed E-state index contributed by atoms with van der Waals surface area (Å²) in [6.07, 6.45) is 5.78. The summed E-state index contributed by atoms with van der Waals surface area (Å²) >= 11 is 0. The summed E-state index contributed by atoms with van der Waals surface area (Å²) < 4.78 is 0. The smallest absolute Gasteiger partial charge is 0.269 e. The molecule has 2 atom stereocenters. The molecule has 10 heteroatoms. The van der Waals surface area contributed by atoms with Crippen LogP contribution < -0.4 is 15.5 Å². The van der Waals surface area contributed by atoms with Crippen LogP contribution in [-0.4, -0.2) is 63.9 Å². The summed E-state index contributed by atoms with van der Waals surface area (Å²) in [6.45, 7) is 3.26. The minimum Gasteiger partial charge on any atom is -0.354 e. The van der Waals surface area contributed by atoms with Gasteiger partial charge in [-0.2, -0.15) is 10.2 Å². The third kappa shape index (κ3) is 4.32. The predicted molar refractivity (Wildman–Crippen MR) is 118 cm³/mol. The number of fused-ring (bicyclic) bond motifs is 2. The second-order valence-electron chi connectivity index (χ2n) is 8.08. The lowest BCUT2D eigenvalue weighted by molar-refractivity contribution is -0.134. The van der Waals surface area contributed by atoms with Crippen LogP contribution in [0.3, 0.4) is 0 Å². The standard InChI is InChI=1S/C22H26N8O2/c1-14-10-15(11-26-20(14)21(32)24-2)27-22-25-9-7-18(28-22)29-12-16-5-6-17(13-29)30(16)19(31)4-3-8-23/h7,9-11,16-17H,3-6,12-13H2,1-2H3,(H,24,32)(H,25,27,28)/t16-,17+. The largest absolute Gasteiger partial charge is 0.354 e. The number of rotatable bonds is 6. The zero-order valence-electron chi connectivity index (χ0n) is 18.2. The topological polar surface area (TPSA) is 127 Å². The van der Waals surface area contributed by atoms with Crippen LogP contribution in [0.4, 0.5) is 17.5 Å². The molecule has 2 aliphatic heterocycles. The summed E-state index contributed by atoms with van der Waals surface area (Å²) in [4.78, 5) is 41.7. The maximum Gasteiger partial charge on any atom is 0.269 e. The monoisotopic (exact) mass is 434 g/mol. The highest BCUT2D eigenvalue weighted by atomic mass is 16.2. The minimum atomic E-state index is -0.229. The van der Waals surface area contributed by atoms with Crippen molar-refractivity contribution in [2.75, 3.05) is 30.4 Å². The molecule has 2 aromatic rings. The summed E-state index contributed by atoms with van der Waals surface area (Å²) in [5.41, 5.74) is 1.82. The van der Waals surface area contributed by atoms with Crippen molar-refractivity contribution in [1.82, 2.24) is 25.2 Å². The SMILES string of the molecule is CNC(=O)c1ncc(Nc2nccc(N3C[C@H]4CC[C@@H](C3)N4C(=O)CCC#N)n2)cc1C. The molecule has 10 nitrogen and oxygen atoms in total. The van der Waals surface area contributed by atoms with Crippen LogP contribution in [0.15, 0.2) is 24.5 Å². The molecule has 0 aromatic carbocycles. The molecule has 0 saturated carbocycles. The number of aromatic nitrogens is 3. The zero-order valence-corrected chi connectivity index (χ0v) is 18.2.